The first kappa shape index (κ1) is 17.9. The standard InChI is InChI=1S/C18H24N2O4S/c1-12(21)19-14(15-6-3-9-25-15)10-16(22)20-8-7-18(11-20,17(23)24)13-4-2-5-13/h3,6,9,13-14H,2,4-5,7-8,10-11H2,1H3,(H,19,21)(H,23,24). The number of nitrogens with one attached hydrogen (secondary N) is 1. The van der Waals surface area contributed by atoms with Crippen molar-refractivity contribution in [2.24, 2.45) is 11.3 Å². The minimum atomic E-state index is -0.777. The highest BCUT2D eigenvalue weighted by atomic mass is 32.1. The Morgan fingerprint density at radius 2 is 2.20 bits per heavy atom. The van der Waals surface area contributed by atoms with E-state index in [0.29, 0.717) is 19.5 Å². The molecule has 1 saturated carbocycles. The molecule has 1 aromatic heterocycles. The van der Waals surface area contributed by atoms with E-state index >= 15 is 0 Å². The van der Waals surface area contributed by atoms with E-state index in [1.54, 1.807) is 4.90 Å². The summed E-state index contributed by atoms with van der Waals surface area (Å²) in [4.78, 5) is 38.7. The number of carbonyl (C=O) groups is 3. The summed E-state index contributed by atoms with van der Waals surface area (Å²) in [5.41, 5.74) is -0.777. The third kappa shape index (κ3) is 3.56. The maximum Gasteiger partial charge on any atom is 0.311 e. The monoisotopic (exact) mass is 364 g/mol. The van der Waals surface area contributed by atoms with Gasteiger partial charge >= 0.3 is 5.97 Å². The Labute approximate surface area is 151 Å². The molecule has 1 saturated heterocycles. The van der Waals surface area contributed by atoms with Crippen LogP contribution in [0.1, 0.15) is 49.9 Å². The second-order valence-electron chi connectivity index (χ2n) is 7.13. The first-order valence-electron chi connectivity index (χ1n) is 8.74. The minimum Gasteiger partial charge on any atom is -0.481 e. The molecule has 2 unspecified atom stereocenters. The summed E-state index contributed by atoms with van der Waals surface area (Å²) in [6.07, 6.45) is 3.66. The highest BCUT2D eigenvalue weighted by molar-refractivity contribution is 7.10. The second kappa shape index (κ2) is 7.15. The van der Waals surface area contributed by atoms with E-state index in [1.807, 2.05) is 17.5 Å². The summed E-state index contributed by atoms with van der Waals surface area (Å²) in [7, 11) is 0. The van der Waals surface area contributed by atoms with Gasteiger partial charge in [0, 0.05) is 24.9 Å². The molecule has 0 spiro atoms. The molecule has 2 fully saturated rings. The average molecular weight is 364 g/mol. The van der Waals surface area contributed by atoms with E-state index in [-0.39, 0.29) is 30.2 Å². The van der Waals surface area contributed by atoms with Crippen LogP contribution in [-0.2, 0) is 14.4 Å². The molecule has 136 valence electrons. The number of likely N-dealkylation sites (tertiary alicyclic amines) is 1. The number of nitrogens with zero attached hydrogens (tertiary/aromatic N) is 1. The molecule has 2 aliphatic rings. The van der Waals surface area contributed by atoms with Crippen LogP contribution in [-0.4, -0.2) is 40.9 Å². The first-order chi connectivity index (χ1) is 11.9. The Morgan fingerprint density at radius 1 is 1.44 bits per heavy atom. The van der Waals surface area contributed by atoms with Gasteiger partial charge in [0.25, 0.3) is 0 Å². The predicted octanol–water partition coefficient (Wildman–Crippen LogP) is 2.42. The fraction of sp³-hybridized carbons (Fsp3) is 0.611. The Bertz CT molecular complexity index is 656. The third-order valence-corrected chi connectivity index (χ3v) is 6.59. The smallest absolute Gasteiger partial charge is 0.311 e. The van der Waals surface area contributed by atoms with E-state index < -0.39 is 11.4 Å². The molecule has 2 amide bonds. The number of thiophene rings is 1. The van der Waals surface area contributed by atoms with Crippen LogP contribution in [0.15, 0.2) is 17.5 Å². The van der Waals surface area contributed by atoms with E-state index in [1.165, 1.54) is 18.3 Å². The lowest BCUT2D eigenvalue weighted by Gasteiger charge is -2.39. The molecular weight excluding hydrogens is 340 g/mol. The summed E-state index contributed by atoms with van der Waals surface area (Å²) in [5.74, 6) is -0.855. The molecule has 7 heteroatoms. The van der Waals surface area contributed by atoms with Gasteiger partial charge in [-0.1, -0.05) is 12.5 Å². The Hall–Kier alpha value is -1.89. The van der Waals surface area contributed by atoms with E-state index in [4.69, 9.17) is 0 Å². The summed E-state index contributed by atoms with van der Waals surface area (Å²) in [5, 5.41) is 14.5. The number of hydrogen-bond donors (Lipinski definition) is 2. The molecule has 3 rings (SSSR count). The Balaban J connectivity index is 1.68. The van der Waals surface area contributed by atoms with E-state index in [2.05, 4.69) is 5.32 Å². The normalized spacial score (nSPS) is 24.6. The highest BCUT2D eigenvalue weighted by Gasteiger charge is 2.53. The fourth-order valence-corrected chi connectivity index (χ4v) is 4.73. The second-order valence-corrected chi connectivity index (χ2v) is 8.11. The van der Waals surface area contributed by atoms with Crippen LogP contribution in [0.5, 0.6) is 0 Å². The van der Waals surface area contributed by atoms with Crippen molar-refractivity contribution in [1.29, 1.82) is 0 Å². The van der Waals surface area contributed by atoms with Crippen molar-refractivity contribution in [2.75, 3.05) is 13.1 Å². The molecule has 2 heterocycles. The van der Waals surface area contributed by atoms with Crippen LogP contribution in [0.3, 0.4) is 0 Å². The first-order valence-corrected chi connectivity index (χ1v) is 9.62. The van der Waals surface area contributed by atoms with Crippen molar-refractivity contribution in [1.82, 2.24) is 10.2 Å². The molecule has 1 aliphatic heterocycles. The van der Waals surface area contributed by atoms with Gasteiger partial charge in [-0.2, -0.15) is 0 Å². The number of hydrogen-bond acceptors (Lipinski definition) is 4. The van der Waals surface area contributed by atoms with Crippen molar-refractivity contribution >= 4 is 29.1 Å². The molecule has 0 radical (unpaired) electrons. The van der Waals surface area contributed by atoms with Gasteiger partial charge in [0.05, 0.1) is 17.9 Å². The Kier molecular flexibility index (Phi) is 5.13. The van der Waals surface area contributed by atoms with Gasteiger partial charge < -0.3 is 15.3 Å². The van der Waals surface area contributed by atoms with Gasteiger partial charge in [-0.15, -0.1) is 11.3 Å². The van der Waals surface area contributed by atoms with Gasteiger partial charge in [-0.3, -0.25) is 14.4 Å². The quantitative estimate of drug-likeness (QED) is 0.812. The summed E-state index contributed by atoms with van der Waals surface area (Å²) in [6, 6.07) is 3.44. The lowest BCUT2D eigenvalue weighted by Crippen LogP contribution is -2.45. The molecule has 0 bridgehead atoms. The maximum atomic E-state index is 12.8. The lowest BCUT2D eigenvalue weighted by atomic mass is 9.64. The van der Waals surface area contributed by atoms with Crippen molar-refractivity contribution < 1.29 is 19.5 Å². The number of rotatable bonds is 6. The Morgan fingerprint density at radius 3 is 2.72 bits per heavy atom. The molecule has 1 aliphatic carbocycles. The molecule has 6 nitrogen and oxygen atoms in total. The van der Waals surface area contributed by atoms with Crippen LogP contribution in [0.2, 0.25) is 0 Å². The van der Waals surface area contributed by atoms with Gasteiger partial charge in [0.1, 0.15) is 0 Å². The number of aliphatic carboxylic acids is 1. The van der Waals surface area contributed by atoms with Crippen molar-refractivity contribution in [3.63, 3.8) is 0 Å². The predicted molar refractivity (Wildman–Crippen MR) is 94.1 cm³/mol. The maximum absolute atomic E-state index is 12.8. The molecule has 0 aromatic carbocycles. The number of carboxylic acids is 1. The topological polar surface area (TPSA) is 86.7 Å². The van der Waals surface area contributed by atoms with Crippen LogP contribution >= 0.6 is 11.3 Å². The molecule has 2 atom stereocenters. The highest BCUT2D eigenvalue weighted by Crippen LogP contribution is 2.48. The summed E-state index contributed by atoms with van der Waals surface area (Å²) in [6.45, 7) is 2.22. The third-order valence-electron chi connectivity index (χ3n) is 5.61. The van der Waals surface area contributed by atoms with Gasteiger partial charge in [0.2, 0.25) is 11.8 Å². The fourth-order valence-electron chi connectivity index (χ4n) is 3.95. The molecule has 25 heavy (non-hydrogen) atoms. The molecule has 1 aromatic rings. The largest absolute Gasteiger partial charge is 0.481 e. The zero-order chi connectivity index (χ0) is 18.0. The summed E-state index contributed by atoms with van der Waals surface area (Å²) >= 11 is 1.50. The van der Waals surface area contributed by atoms with Crippen molar-refractivity contribution in [3.8, 4) is 0 Å². The van der Waals surface area contributed by atoms with E-state index in [9.17, 15) is 19.5 Å². The number of amides is 2. The SMILES string of the molecule is CC(=O)NC(CC(=O)N1CCC(C(=O)O)(C2CCC2)C1)c1cccs1. The number of carbonyl (C=O) groups excluding carboxylic acids is 2. The van der Waals surface area contributed by atoms with Crippen LogP contribution in [0.25, 0.3) is 0 Å². The van der Waals surface area contributed by atoms with Gasteiger partial charge in [0.15, 0.2) is 0 Å². The molecular formula is C18H24N2O4S. The van der Waals surface area contributed by atoms with Crippen LogP contribution in [0, 0.1) is 11.3 Å². The number of carboxylic acid groups (broad SMARTS) is 1. The van der Waals surface area contributed by atoms with Crippen LogP contribution < -0.4 is 5.32 Å². The zero-order valence-corrected chi connectivity index (χ0v) is 15.2. The summed E-state index contributed by atoms with van der Waals surface area (Å²) < 4.78 is 0. The van der Waals surface area contributed by atoms with E-state index in [0.717, 1.165) is 24.1 Å². The van der Waals surface area contributed by atoms with Crippen molar-refractivity contribution in [3.05, 3.63) is 22.4 Å². The average Bonchev–Trinajstić information content (AvgIpc) is 3.14. The zero-order valence-electron chi connectivity index (χ0n) is 14.4. The van der Waals surface area contributed by atoms with Crippen LogP contribution in [0.4, 0.5) is 0 Å². The lowest BCUT2D eigenvalue weighted by molar-refractivity contribution is -0.154. The minimum absolute atomic E-state index is 0.0883. The molecule has 2 N–H and O–H groups in total. The van der Waals surface area contributed by atoms with Gasteiger partial charge in [-0.25, -0.2) is 0 Å². The van der Waals surface area contributed by atoms with Crippen molar-refractivity contribution in [2.45, 2.75) is 45.1 Å². The van der Waals surface area contributed by atoms with Gasteiger partial charge in [-0.05, 0) is 36.6 Å².